The Morgan fingerprint density at radius 3 is 2.94 bits per heavy atom. The molecule has 11 heteroatoms. The summed E-state index contributed by atoms with van der Waals surface area (Å²) in [6, 6.07) is 6.89. The van der Waals surface area contributed by atoms with Crippen LogP contribution in [0.5, 0.6) is 0 Å². The molecule has 0 atom stereocenters. The van der Waals surface area contributed by atoms with Gasteiger partial charge in [-0.3, -0.25) is 9.36 Å². The van der Waals surface area contributed by atoms with Crippen molar-refractivity contribution in [1.29, 1.82) is 0 Å². The molecule has 0 aliphatic heterocycles. The number of carbonyl (C=O) groups is 1. The third-order valence-corrected chi connectivity index (χ3v) is 6.59. The van der Waals surface area contributed by atoms with E-state index in [0.29, 0.717) is 22.8 Å². The summed E-state index contributed by atoms with van der Waals surface area (Å²) in [5.41, 5.74) is 0.317. The number of furan rings is 1. The van der Waals surface area contributed by atoms with Crippen molar-refractivity contribution < 1.29 is 18.0 Å². The molecule has 0 unspecified atom stereocenters. The Labute approximate surface area is 189 Å². The SMILES string of the molecule is O=C(CSc1nnc(C2CC2)n1Cc1ccco1)Nc1nc(-c2cc(F)ccc2F)cs1. The maximum atomic E-state index is 14.0. The minimum atomic E-state index is -0.576. The summed E-state index contributed by atoms with van der Waals surface area (Å²) >= 11 is 2.42. The molecule has 32 heavy (non-hydrogen) atoms. The van der Waals surface area contributed by atoms with Gasteiger partial charge >= 0.3 is 0 Å². The van der Waals surface area contributed by atoms with Crippen LogP contribution >= 0.6 is 23.1 Å². The van der Waals surface area contributed by atoms with E-state index in [-0.39, 0.29) is 22.9 Å². The number of aromatic nitrogens is 4. The molecule has 3 aromatic heterocycles. The summed E-state index contributed by atoms with van der Waals surface area (Å²) in [4.78, 5) is 16.7. The first-order valence-electron chi connectivity index (χ1n) is 9.86. The van der Waals surface area contributed by atoms with E-state index in [1.165, 1.54) is 11.8 Å². The summed E-state index contributed by atoms with van der Waals surface area (Å²) in [5, 5.41) is 13.8. The van der Waals surface area contributed by atoms with E-state index >= 15 is 0 Å². The van der Waals surface area contributed by atoms with E-state index in [1.54, 1.807) is 11.6 Å². The van der Waals surface area contributed by atoms with E-state index in [9.17, 15) is 13.6 Å². The highest BCUT2D eigenvalue weighted by atomic mass is 32.2. The average Bonchev–Trinajstić information content (AvgIpc) is 3.15. The van der Waals surface area contributed by atoms with E-state index < -0.39 is 11.6 Å². The minimum absolute atomic E-state index is 0.0507. The summed E-state index contributed by atoms with van der Waals surface area (Å²) in [6.07, 6.45) is 3.79. The van der Waals surface area contributed by atoms with Crippen molar-refractivity contribution in [3.05, 3.63) is 65.2 Å². The van der Waals surface area contributed by atoms with Gasteiger partial charge in [-0.25, -0.2) is 13.8 Å². The number of thioether (sulfide) groups is 1. The van der Waals surface area contributed by atoms with Gasteiger partial charge in [-0.15, -0.1) is 21.5 Å². The molecule has 5 rings (SSSR count). The highest BCUT2D eigenvalue weighted by Crippen LogP contribution is 2.40. The van der Waals surface area contributed by atoms with Crippen LogP contribution in [0.4, 0.5) is 13.9 Å². The lowest BCUT2D eigenvalue weighted by Gasteiger charge is -2.08. The number of anilines is 1. The Morgan fingerprint density at radius 2 is 2.16 bits per heavy atom. The standard InChI is InChI=1S/C21H17F2N5O2S2/c22-13-5-6-16(23)15(8-13)17-10-31-20(24-17)25-18(29)11-32-21-27-26-19(12-3-4-12)28(21)9-14-2-1-7-30-14/h1-2,5-8,10,12H,3-4,9,11H2,(H,24,25,29). The Hall–Kier alpha value is -3.05. The fourth-order valence-electron chi connectivity index (χ4n) is 3.19. The van der Waals surface area contributed by atoms with Gasteiger partial charge in [-0.1, -0.05) is 11.8 Å². The largest absolute Gasteiger partial charge is 0.467 e. The lowest BCUT2D eigenvalue weighted by molar-refractivity contribution is -0.113. The number of nitrogens with one attached hydrogen (secondary N) is 1. The van der Waals surface area contributed by atoms with E-state index in [1.807, 2.05) is 16.7 Å². The first kappa shape index (κ1) is 20.8. The van der Waals surface area contributed by atoms with Gasteiger partial charge in [0.1, 0.15) is 23.2 Å². The van der Waals surface area contributed by atoms with Crippen molar-refractivity contribution in [2.75, 3.05) is 11.1 Å². The van der Waals surface area contributed by atoms with E-state index in [2.05, 4.69) is 20.5 Å². The zero-order valence-electron chi connectivity index (χ0n) is 16.6. The number of hydrogen-bond donors (Lipinski definition) is 1. The molecule has 1 aliphatic rings. The van der Waals surface area contributed by atoms with Crippen LogP contribution in [0.25, 0.3) is 11.3 Å². The van der Waals surface area contributed by atoms with E-state index in [4.69, 9.17) is 4.42 Å². The van der Waals surface area contributed by atoms with Gasteiger partial charge in [0.2, 0.25) is 5.91 Å². The van der Waals surface area contributed by atoms with Gasteiger partial charge in [0.05, 0.1) is 24.3 Å². The van der Waals surface area contributed by atoms with Gasteiger partial charge in [0.25, 0.3) is 0 Å². The van der Waals surface area contributed by atoms with Gasteiger partial charge < -0.3 is 9.73 Å². The number of rotatable bonds is 8. The van der Waals surface area contributed by atoms with Crippen molar-refractivity contribution in [3.63, 3.8) is 0 Å². The lowest BCUT2D eigenvalue weighted by Crippen LogP contribution is -2.15. The number of thiazole rings is 1. The number of hydrogen-bond acceptors (Lipinski definition) is 7. The van der Waals surface area contributed by atoms with E-state index in [0.717, 1.165) is 54.0 Å². The van der Waals surface area contributed by atoms with Crippen LogP contribution in [0, 0.1) is 11.6 Å². The van der Waals surface area contributed by atoms with Crippen LogP contribution in [0.3, 0.4) is 0 Å². The zero-order chi connectivity index (χ0) is 22.1. The van der Waals surface area contributed by atoms with Gasteiger partial charge in [-0.2, -0.15) is 0 Å². The molecule has 0 bridgehead atoms. The Morgan fingerprint density at radius 1 is 1.28 bits per heavy atom. The number of carbonyl (C=O) groups excluding carboxylic acids is 1. The molecule has 1 fully saturated rings. The minimum Gasteiger partial charge on any atom is -0.467 e. The molecule has 0 spiro atoms. The number of amides is 1. The summed E-state index contributed by atoms with van der Waals surface area (Å²) < 4.78 is 34.8. The van der Waals surface area contributed by atoms with Gasteiger partial charge in [-0.05, 0) is 43.2 Å². The molecule has 0 saturated heterocycles. The number of benzene rings is 1. The average molecular weight is 474 g/mol. The predicted octanol–water partition coefficient (Wildman–Crippen LogP) is 4.93. The molecular formula is C21H17F2N5O2S2. The second-order valence-electron chi connectivity index (χ2n) is 7.28. The van der Waals surface area contributed by atoms with Crippen molar-refractivity contribution in [3.8, 4) is 11.3 Å². The Kier molecular flexibility index (Phi) is 5.75. The smallest absolute Gasteiger partial charge is 0.236 e. The van der Waals surface area contributed by atoms with Crippen LogP contribution in [0.1, 0.15) is 30.3 Å². The van der Waals surface area contributed by atoms with Gasteiger partial charge in [0.15, 0.2) is 10.3 Å². The second kappa shape index (κ2) is 8.83. The normalized spacial score (nSPS) is 13.4. The molecule has 0 radical (unpaired) electrons. The maximum absolute atomic E-state index is 14.0. The quantitative estimate of drug-likeness (QED) is 0.365. The highest BCUT2D eigenvalue weighted by Gasteiger charge is 2.31. The van der Waals surface area contributed by atoms with Crippen LogP contribution < -0.4 is 5.32 Å². The zero-order valence-corrected chi connectivity index (χ0v) is 18.3. The Balaban J connectivity index is 1.24. The van der Waals surface area contributed by atoms with Crippen molar-refractivity contribution in [2.24, 2.45) is 0 Å². The van der Waals surface area contributed by atoms with Crippen molar-refractivity contribution in [2.45, 2.75) is 30.5 Å². The van der Waals surface area contributed by atoms with Crippen LogP contribution in [0.2, 0.25) is 0 Å². The first-order valence-corrected chi connectivity index (χ1v) is 11.7. The summed E-state index contributed by atoms with van der Waals surface area (Å²) in [6.45, 7) is 0.505. The maximum Gasteiger partial charge on any atom is 0.236 e. The van der Waals surface area contributed by atoms with Crippen LogP contribution in [-0.4, -0.2) is 31.4 Å². The van der Waals surface area contributed by atoms with Crippen molar-refractivity contribution in [1.82, 2.24) is 19.7 Å². The fraction of sp³-hybridized carbons (Fsp3) is 0.238. The molecule has 3 heterocycles. The molecule has 4 aromatic rings. The predicted molar refractivity (Wildman–Crippen MR) is 117 cm³/mol. The van der Waals surface area contributed by atoms with Crippen LogP contribution in [0.15, 0.2) is 51.5 Å². The molecule has 164 valence electrons. The second-order valence-corrected chi connectivity index (χ2v) is 9.08. The van der Waals surface area contributed by atoms with Crippen molar-refractivity contribution >= 4 is 34.1 Å². The third kappa shape index (κ3) is 4.58. The molecule has 1 amide bonds. The molecule has 1 saturated carbocycles. The fourth-order valence-corrected chi connectivity index (χ4v) is 4.66. The molecule has 7 nitrogen and oxygen atoms in total. The van der Waals surface area contributed by atoms with Crippen LogP contribution in [-0.2, 0) is 11.3 Å². The number of nitrogens with zero attached hydrogens (tertiary/aromatic N) is 4. The monoisotopic (exact) mass is 473 g/mol. The summed E-state index contributed by atoms with van der Waals surface area (Å²) in [7, 11) is 0. The molecule has 1 aliphatic carbocycles. The highest BCUT2D eigenvalue weighted by molar-refractivity contribution is 7.99. The third-order valence-electron chi connectivity index (χ3n) is 4.87. The van der Waals surface area contributed by atoms with Gasteiger partial charge in [0, 0.05) is 16.9 Å². The Bertz CT molecular complexity index is 1250. The lowest BCUT2D eigenvalue weighted by atomic mass is 10.1. The topological polar surface area (TPSA) is 85.8 Å². The molecule has 1 N–H and O–H groups in total. The first-order chi connectivity index (χ1) is 15.6. The molecule has 1 aromatic carbocycles. The molecular weight excluding hydrogens is 456 g/mol. The summed E-state index contributed by atoms with van der Waals surface area (Å²) in [5.74, 6) is 0.787. The number of halogens is 2.